The van der Waals surface area contributed by atoms with Gasteiger partial charge in [-0.05, 0) is 0 Å². The number of rotatable bonds is 1. The van der Waals surface area contributed by atoms with Crippen molar-refractivity contribution in [3.8, 4) is 0 Å². The summed E-state index contributed by atoms with van der Waals surface area (Å²) in [7, 11) is 2.67. The molecule has 0 aromatic rings. The molecule has 1 heterocycles. The van der Waals surface area contributed by atoms with Crippen molar-refractivity contribution in [2.45, 2.75) is 0 Å². The first-order valence-electron chi connectivity index (χ1n) is 3.41. The van der Waals surface area contributed by atoms with E-state index in [2.05, 4.69) is 4.99 Å². The minimum absolute atomic E-state index is 0.0700. The van der Waals surface area contributed by atoms with Crippen molar-refractivity contribution in [3.63, 3.8) is 0 Å². The number of ether oxygens (including phenoxy) is 2. The summed E-state index contributed by atoms with van der Waals surface area (Å²) in [6, 6.07) is 0. The molecule has 13 heavy (non-hydrogen) atoms. The molecule has 0 fully saturated rings. The largest absolute Gasteiger partial charge is 0.481 e. The molecule has 5 nitrogen and oxygen atoms in total. The minimum atomic E-state index is -0.515. The molecule has 0 saturated carbocycles. The van der Waals surface area contributed by atoms with Crippen LogP contribution in [0.25, 0.3) is 0 Å². The summed E-state index contributed by atoms with van der Waals surface area (Å²) in [5.74, 6) is 0.987. The Morgan fingerprint density at radius 1 is 1.38 bits per heavy atom. The molecule has 0 N–H and O–H groups in total. The van der Waals surface area contributed by atoms with E-state index in [0.717, 1.165) is 6.08 Å². The number of allylic oxidation sites excluding steroid dienone is 1. The van der Waals surface area contributed by atoms with E-state index < -0.39 is 5.78 Å². The average Bonchev–Trinajstić information content (AvgIpc) is 2.16. The third-order valence-corrected chi connectivity index (χ3v) is 1.43. The van der Waals surface area contributed by atoms with Crippen LogP contribution in [0.1, 0.15) is 0 Å². The first kappa shape index (κ1) is 9.22. The first-order chi connectivity index (χ1) is 6.22. The fraction of sp³-hybridized carbons (Fsp3) is 0.250. The van der Waals surface area contributed by atoms with Crippen molar-refractivity contribution in [2.24, 2.45) is 4.99 Å². The molecule has 0 saturated heterocycles. The predicted octanol–water partition coefficient (Wildman–Crippen LogP) is -0.140. The molecule has 0 aromatic carbocycles. The number of carbonyl (C=O) groups excluding carboxylic acids is 2. The summed E-state index contributed by atoms with van der Waals surface area (Å²) in [5.41, 5.74) is -0.219. The SMILES string of the molecule is COC1=CC(=O)C(=C=O)C(OC)=N1. The van der Waals surface area contributed by atoms with Gasteiger partial charge in [0.05, 0.1) is 14.2 Å². The lowest BCUT2D eigenvalue weighted by Gasteiger charge is -2.09. The van der Waals surface area contributed by atoms with Gasteiger partial charge in [0.1, 0.15) is 5.94 Å². The second kappa shape index (κ2) is 3.69. The van der Waals surface area contributed by atoms with Crippen LogP contribution in [0.15, 0.2) is 22.5 Å². The third-order valence-electron chi connectivity index (χ3n) is 1.43. The van der Waals surface area contributed by atoms with Crippen molar-refractivity contribution in [3.05, 3.63) is 17.5 Å². The highest BCUT2D eigenvalue weighted by Crippen LogP contribution is 2.12. The van der Waals surface area contributed by atoms with E-state index in [0.29, 0.717) is 0 Å². The molecular formula is C8H7NO4. The maximum Gasteiger partial charge on any atom is 0.239 e. The van der Waals surface area contributed by atoms with Crippen molar-refractivity contribution in [2.75, 3.05) is 14.2 Å². The molecule has 0 amide bonds. The maximum atomic E-state index is 11.1. The summed E-state index contributed by atoms with van der Waals surface area (Å²) in [5, 5.41) is 0. The highest BCUT2D eigenvalue weighted by Gasteiger charge is 2.22. The van der Waals surface area contributed by atoms with Crippen LogP contribution in [0.4, 0.5) is 0 Å². The van der Waals surface area contributed by atoms with Crippen LogP contribution >= 0.6 is 0 Å². The number of methoxy groups -OCH3 is 2. The average molecular weight is 181 g/mol. The Balaban J connectivity index is 3.14. The van der Waals surface area contributed by atoms with Gasteiger partial charge in [-0.25, -0.2) is 4.79 Å². The lowest BCUT2D eigenvalue weighted by atomic mass is 10.1. The van der Waals surface area contributed by atoms with Crippen molar-refractivity contribution >= 4 is 17.6 Å². The lowest BCUT2D eigenvalue weighted by molar-refractivity contribution is -0.111. The maximum absolute atomic E-state index is 11.1. The van der Waals surface area contributed by atoms with Crippen LogP contribution in [-0.4, -0.2) is 31.8 Å². The zero-order valence-corrected chi connectivity index (χ0v) is 7.16. The normalized spacial score (nSPS) is 15.8. The zero-order valence-electron chi connectivity index (χ0n) is 7.16. The fourth-order valence-corrected chi connectivity index (χ4v) is 0.824. The highest BCUT2D eigenvalue weighted by atomic mass is 16.5. The number of ketones is 1. The lowest BCUT2D eigenvalue weighted by Crippen LogP contribution is -2.18. The van der Waals surface area contributed by atoms with Crippen molar-refractivity contribution in [1.29, 1.82) is 0 Å². The Morgan fingerprint density at radius 3 is 2.54 bits per heavy atom. The summed E-state index contributed by atoms with van der Waals surface area (Å²) in [4.78, 5) is 25.2. The van der Waals surface area contributed by atoms with Gasteiger partial charge in [0.15, 0.2) is 5.57 Å². The van der Waals surface area contributed by atoms with Crippen LogP contribution in [-0.2, 0) is 19.1 Å². The van der Waals surface area contributed by atoms with E-state index in [1.165, 1.54) is 20.2 Å². The van der Waals surface area contributed by atoms with Gasteiger partial charge >= 0.3 is 0 Å². The van der Waals surface area contributed by atoms with E-state index in [-0.39, 0.29) is 17.4 Å². The Hall–Kier alpha value is -1.87. The molecular weight excluding hydrogens is 174 g/mol. The summed E-state index contributed by atoms with van der Waals surface area (Å²) in [6.45, 7) is 0. The van der Waals surface area contributed by atoms with E-state index in [1.807, 2.05) is 0 Å². The third kappa shape index (κ3) is 1.65. The van der Waals surface area contributed by atoms with Gasteiger partial charge in [-0.2, -0.15) is 4.99 Å². The minimum Gasteiger partial charge on any atom is -0.481 e. The van der Waals surface area contributed by atoms with Crippen LogP contribution < -0.4 is 0 Å². The number of hydrogen-bond donors (Lipinski definition) is 0. The van der Waals surface area contributed by atoms with Crippen LogP contribution in [0.3, 0.4) is 0 Å². The summed E-state index contributed by atoms with van der Waals surface area (Å²) < 4.78 is 9.42. The summed E-state index contributed by atoms with van der Waals surface area (Å²) >= 11 is 0. The second-order valence-electron chi connectivity index (χ2n) is 2.15. The number of aliphatic imine (C=N–C) groups is 1. The molecule has 0 unspecified atom stereocenters. The van der Waals surface area contributed by atoms with Crippen LogP contribution in [0, 0.1) is 0 Å². The van der Waals surface area contributed by atoms with Gasteiger partial charge in [-0.1, -0.05) is 0 Å². The van der Waals surface area contributed by atoms with Crippen LogP contribution in [0.5, 0.6) is 0 Å². The highest BCUT2D eigenvalue weighted by molar-refractivity contribution is 6.29. The number of carbonyl (C=O) groups is 1. The molecule has 1 aliphatic rings. The van der Waals surface area contributed by atoms with Gasteiger partial charge in [-0.15, -0.1) is 0 Å². The Labute approximate surface area is 74.4 Å². The molecule has 68 valence electrons. The quantitative estimate of drug-likeness (QED) is 0.417. The van der Waals surface area contributed by atoms with Gasteiger partial charge in [0, 0.05) is 6.08 Å². The molecule has 5 heteroatoms. The molecule has 0 spiro atoms. The zero-order chi connectivity index (χ0) is 9.84. The monoisotopic (exact) mass is 181 g/mol. The van der Waals surface area contributed by atoms with Gasteiger partial charge in [0.2, 0.25) is 17.6 Å². The van der Waals surface area contributed by atoms with E-state index >= 15 is 0 Å². The molecule has 1 aliphatic heterocycles. The van der Waals surface area contributed by atoms with Gasteiger partial charge < -0.3 is 9.47 Å². The summed E-state index contributed by atoms with van der Waals surface area (Å²) in [6.07, 6.45) is 1.10. The van der Waals surface area contributed by atoms with E-state index in [1.54, 1.807) is 0 Å². The molecule has 0 atom stereocenters. The Bertz CT molecular complexity index is 347. The molecule has 0 aromatic heterocycles. The first-order valence-corrected chi connectivity index (χ1v) is 3.41. The van der Waals surface area contributed by atoms with E-state index in [9.17, 15) is 9.59 Å². The Morgan fingerprint density at radius 2 is 2.08 bits per heavy atom. The molecule has 0 radical (unpaired) electrons. The molecule has 1 rings (SSSR count). The van der Waals surface area contributed by atoms with Gasteiger partial charge in [0.25, 0.3) is 0 Å². The standard InChI is InChI=1S/C8H7NO4/c1-12-7-3-6(11)5(4-10)8(9-7)13-2/h3H,1-2H3. The van der Waals surface area contributed by atoms with Crippen molar-refractivity contribution in [1.82, 2.24) is 0 Å². The van der Waals surface area contributed by atoms with Crippen LogP contribution in [0.2, 0.25) is 0 Å². The topological polar surface area (TPSA) is 65.0 Å². The van der Waals surface area contributed by atoms with Gasteiger partial charge in [-0.3, -0.25) is 4.79 Å². The number of nitrogens with zero attached hydrogens (tertiary/aromatic N) is 1. The Kier molecular flexibility index (Phi) is 2.62. The second-order valence-corrected chi connectivity index (χ2v) is 2.15. The smallest absolute Gasteiger partial charge is 0.239 e. The van der Waals surface area contributed by atoms with Crippen molar-refractivity contribution < 1.29 is 19.1 Å². The molecule has 0 bridgehead atoms. The molecule has 0 aliphatic carbocycles. The number of hydrogen-bond acceptors (Lipinski definition) is 5. The fourth-order valence-electron chi connectivity index (χ4n) is 0.824. The van der Waals surface area contributed by atoms with E-state index in [4.69, 9.17) is 9.47 Å². The predicted molar refractivity (Wildman–Crippen MR) is 43.7 cm³/mol.